The Kier molecular flexibility index (Phi) is 5.75. The lowest BCUT2D eigenvalue weighted by Crippen LogP contribution is -2.42. The minimum atomic E-state index is -2.06. The Morgan fingerprint density at radius 3 is 2.36 bits per heavy atom. The largest absolute Gasteiger partial charge is 0.494 e. The Morgan fingerprint density at radius 2 is 1.95 bits per heavy atom. The van der Waals surface area contributed by atoms with Gasteiger partial charge in [0.1, 0.15) is 5.92 Å². The van der Waals surface area contributed by atoms with Gasteiger partial charge in [0.2, 0.25) is 0 Å². The smallest absolute Gasteiger partial charge is 0.313 e. The fourth-order valence-corrected chi connectivity index (χ4v) is 2.73. The molecule has 0 bridgehead atoms. The van der Waals surface area contributed by atoms with Crippen LogP contribution in [-0.2, 0) is 9.22 Å². The number of methoxy groups -OCH3 is 1. The van der Waals surface area contributed by atoms with Crippen LogP contribution in [0.2, 0.25) is 18.1 Å². The summed E-state index contributed by atoms with van der Waals surface area (Å²) in [6.07, 6.45) is 0. The second-order valence-electron chi connectivity index (χ2n) is 6.86. The van der Waals surface area contributed by atoms with E-state index in [1.54, 1.807) is 6.07 Å². The van der Waals surface area contributed by atoms with Gasteiger partial charge in [-0.05, 0) is 35.8 Å². The Bertz CT molecular complexity index is 537. The van der Waals surface area contributed by atoms with Crippen LogP contribution in [0.5, 0.6) is 5.75 Å². The Hall–Kier alpha value is -1.40. The number of hydrogen-bond donors (Lipinski definition) is 1. The summed E-state index contributed by atoms with van der Waals surface area (Å²) in [6, 6.07) is 4.20. The monoisotopic (exact) mass is 328 g/mol. The fraction of sp³-hybridized carbons (Fsp3) is 0.562. The predicted molar refractivity (Wildman–Crippen MR) is 86.5 cm³/mol. The molecule has 1 aromatic carbocycles. The number of hydrogen-bond acceptors (Lipinski definition) is 3. The van der Waals surface area contributed by atoms with Gasteiger partial charge in [0, 0.05) is 0 Å². The number of carboxylic acids is 1. The number of carboxylic acid groups (broad SMARTS) is 1. The van der Waals surface area contributed by atoms with E-state index < -0.39 is 26.0 Å². The summed E-state index contributed by atoms with van der Waals surface area (Å²) < 4.78 is 24.6. The average Bonchev–Trinajstić information content (AvgIpc) is 2.37. The SMILES string of the molecule is COc1ccc(C(CO[Si](C)(C)C(C)(C)C)C(=O)O)cc1F. The molecule has 4 nitrogen and oxygen atoms in total. The molecule has 6 heteroatoms. The molecule has 0 spiro atoms. The molecular formula is C16H25FO4Si. The van der Waals surface area contributed by atoms with Crippen LogP contribution in [0, 0.1) is 5.82 Å². The van der Waals surface area contributed by atoms with E-state index in [0.717, 1.165) is 0 Å². The molecule has 1 atom stereocenters. The summed E-state index contributed by atoms with van der Waals surface area (Å²) in [4.78, 5) is 11.5. The first-order valence-electron chi connectivity index (χ1n) is 7.20. The lowest BCUT2D eigenvalue weighted by atomic mass is 10.00. The van der Waals surface area contributed by atoms with Crippen molar-refractivity contribution in [3.8, 4) is 5.75 Å². The third-order valence-corrected chi connectivity index (χ3v) is 8.79. The summed E-state index contributed by atoms with van der Waals surface area (Å²) in [6.45, 7) is 10.4. The lowest BCUT2D eigenvalue weighted by molar-refractivity contribution is -0.139. The van der Waals surface area contributed by atoms with Crippen molar-refractivity contribution < 1.29 is 23.5 Å². The Balaban J connectivity index is 2.96. The van der Waals surface area contributed by atoms with Crippen LogP contribution >= 0.6 is 0 Å². The fourth-order valence-electron chi connectivity index (χ4n) is 1.72. The molecule has 0 saturated carbocycles. The molecule has 0 aliphatic heterocycles. The first-order chi connectivity index (χ1) is 9.99. The summed E-state index contributed by atoms with van der Waals surface area (Å²) in [5, 5.41) is 9.41. The molecule has 0 heterocycles. The van der Waals surface area contributed by atoms with Crippen molar-refractivity contribution in [2.45, 2.75) is 44.8 Å². The van der Waals surface area contributed by atoms with Gasteiger partial charge in [0.25, 0.3) is 0 Å². The van der Waals surface area contributed by atoms with Crippen molar-refractivity contribution in [2.75, 3.05) is 13.7 Å². The van der Waals surface area contributed by atoms with E-state index in [4.69, 9.17) is 9.16 Å². The predicted octanol–water partition coefficient (Wildman–Crippen LogP) is 4.02. The normalized spacial score (nSPS) is 13.8. The third kappa shape index (κ3) is 4.30. The van der Waals surface area contributed by atoms with Crippen molar-refractivity contribution in [3.05, 3.63) is 29.6 Å². The van der Waals surface area contributed by atoms with Crippen molar-refractivity contribution in [1.29, 1.82) is 0 Å². The number of benzene rings is 1. The van der Waals surface area contributed by atoms with E-state index in [2.05, 4.69) is 33.9 Å². The maximum Gasteiger partial charge on any atom is 0.313 e. The second kappa shape index (κ2) is 6.79. The number of ether oxygens (including phenoxy) is 1. The van der Waals surface area contributed by atoms with Gasteiger partial charge in [0.15, 0.2) is 19.9 Å². The van der Waals surface area contributed by atoms with E-state index >= 15 is 0 Å². The summed E-state index contributed by atoms with van der Waals surface area (Å²) in [5.74, 6) is -2.39. The summed E-state index contributed by atoms with van der Waals surface area (Å²) in [5.41, 5.74) is 0.379. The first kappa shape index (κ1) is 18.6. The van der Waals surface area contributed by atoms with Gasteiger partial charge in [-0.3, -0.25) is 4.79 Å². The number of carbonyl (C=O) groups is 1. The van der Waals surface area contributed by atoms with Gasteiger partial charge in [-0.15, -0.1) is 0 Å². The maximum absolute atomic E-state index is 13.8. The van der Waals surface area contributed by atoms with E-state index in [1.165, 1.54) is 19.2 Å². The average molecular weight is 328 g/mol. The van der Waals surface area contributed by atoms with Crippen LogP contribution in [0.25, 0.3) is 0 Å². The van der Waals surface area contributed by atoms with Gasteiger partial charge >= 0.3 is 5.97 Å². The van der Waals surface area contributed by atoms with E-state index in [9.17, 15) is 14.3 Å². The zero-order valence-electron chi connectivity index (χ0n) is 14.1. The molecule has 0 aliphatic rings. The highest BCUT2D eigenvalue weighted by Gasteiger charge is 2.38. The highest BCUT2D eigenvalue weighted by atomic mass is 28.4. The van der Waals surface area contributed by atoms with Crippen molar-refractivity contribution in [1.82, 2.24) is 0 Å². The Morgan fingerprint density at radius 1 is 1.36 bits per heavy atom. The zero-order chi connectivity index (χ0) is 17.1. The number of rotatable bonds is 6. The third-order valence-electron chi connectivity index (χ3n) is 4.29. The maximum atomic E-state index is 13.8. The molecule has 0 aromatic heterocycles. The molecule has 1 aromatic rings. The summed E-state index contributed by atoms with van der Waals surface area (Å²) >= 11 is 0. The van der Waals surface area contributed by atoms with Gasteiger partial charge in [-0.25, -0.2) is 4.39 Å². The van der Waals surface area contributed by atoms with Crippen molar-refractivity contribution >= 4 is 14.3 Å². The van der Waals surface area contributed by atoms with Crippen LogP contribution < -0.4 is 4.74 Å². The minimum Gasteiger partial charge on any atom is -0.494 e. The molecule has 0 aliphatic carbocycles. The minimum absolute atomic E-state index is 0.0127. The molecule has 1 rings (SSSR count). The molecule has 22 heavy (non-hydrogen) atoms. The quantitative estimate of drug-likeness (QED) is 0.801. The van der Waals surface area contributed by atoms with Crippen molar-refractivity contribution in [3.63, 3.8) is 0 Å². The van der Waals surface area contributed by atoms with Gasteiger partial charge < -0.3 is 14.3 Å². The van der Waals surface area contributed by atoms with E-state index in [1.807, 2.05) is 0 Å². The van der Waals surface area contributed by atoms with Crippen LogP contribution in [0.3, 0.4) is 0 Å². The summed E-state index contributed by atoms with van der Waals surface area (Å²) in [7, 11) is -0.691. The molecule has 1 N–H and O–H groups in total. The number of halogens is 1. The topological polar surface area (TPSA) is 55.8 Å². The van der Waals surface area contributed by atoms with E-state index in [-0.39, 0.29) is 17.4 Å². The highest BCUT2D eigenvalue weighted by Crippen LogP contribution is 2.37. The van der Waals surface area contributed by atoms with Crippen LogP contribution in [0.1, 0.15) is 32.3 Å². The highest BCUT2D eigenvalue weighted by molar-refractivity contribution is 6.74. The molecule has 0 fully saturated rings. The van der Waals surface area contributed by atoms with Gasteiger partial charge in [0.05, 0.1) is 13.7 Å². The molecule has 0 saturated heterocycles. The molecule has 0 radical (unpaired) electrons. The molecule has 124 valence electrons. The van der Waals surface area contributed by atoms with E-state index in [0.29, 0.717) is 5.56 Å². The standard InChI is InChI=1S/C16H25FO4Si/c1-16(2,3)22(5,6)21-10-12(15(18)19)11-7-8-14(20-4)13(17)9-11/h7-9,12H,10H2,1-6H3,(H,18,19). The lowest BCUT2D eigenvalue weighted by Gasteiger charge is -2.36. The molecular weight excluding hydrogens is 303 g/mol. The number of aliphatic carboxylic acids is 1. The zero-order valence-corrected chi connectivity index (χ0v) is 15.1. The Labute approximate surface area is 132 Å². The first-order valence-corrected chi connectivity index (χ1v) is 10.1. The second-order valence-corrected chi connectivity index (χ2v) is 11.7. The molecule has 1 unspecified atom stereocenters. The molecule has 0 amide bonds. The van der Waals surface area contributed by atoms with Gasteiger partial charge in [-0.2, -0.15) is 0 Å². The van der Waals surface area contributed by atoms with Crippen molar-refractivity contribution in [2.24, 2.45) is 0 Å². The van der Waals surface area contributed by atoms with Crippen LogP contribution in [-0.4, -0.2) is 33.1 Å². The van der Waals surface area contributed by atoms with Gasteiger partial charge in [-0.1, -0.05) is 26.8 Å². The van der Waals surface area contributed by atoms with Crippen LogP contribution in [0.4, 0.5) is 4.39 Å². The van der Waals surface area contributed by atoms with Crippen LogP contribution in [0.15, 0.2) is 18.2 Å².